The molecule has 8 nitrogen and oxygen atoms in total. The fourth-order valence-corrected chi connectivity index (χ4v) is 2.01. The number of carbonyl (C=O) groups is 2. The minimum atomic E-state index is -0.865. The number of anilines is 1. The van der Waals surface area contributed by atoms with E-state index in [-0.39, 0.29) is 5.69 Å². The molecule has 2 aromatic rings. The Labute approximate surface area is 142 Å². The predicted molar refractivity (Wildman–Crippen MR) is 85.0 cm³/mol. The number of aromatic nitrogens is 2. The third-order valence-electron chi connectivity index (χ3n) is 2.77. The quantitative estimate of drug-likeness (QED) is 0.716. The highest BCUT2D eigenvalue weighted by Gasteiger charge is 2.11. The van der Waals surface area contributed by atoms with Crippen molar-refractivity contribution in [1.29, 1.82) is 0 Å². The van der Waals surface area contributed by atoms with Gasteiger partial charge in [0.25, 0.3) is 11.5 Å². The van der Waals surface area contributed by atoms with E-state index in [2.05, 4.69) is 21.2 Å². The van der Waals surface area contributed by atoms with Crippen molar-refractivity contribution in [1.82, 2.24) is 9.55 Å². The van der Waals surface area contributed by atoms with Crippen molar-refractivity contribution in [2.75, 3.05) is 11.9 Å². The Balaban J connectivity index is 1.88. The molecule has 2 rings (SSSR count). The molecule has 0 aliphatic rings. The molecule has 0 aliphatic carbocycles. The van der Waals surface area contributed by atoms with Gasteiger partial charge in [-0.05, 0) is 18.2 Å². The summed E-state index contributed by atoms with van der Waals surface area (Å²) in [5.41, 5.74) is -1.43. The van der Waals surface area contributed by atoms with E-state index in [9.17, 15) is 23.6 Å². The number of benzene rings is 1. The summed E-state index contributed by atoms with van der Waals surface area (Å²) < 4.78 is 19.7. The summed E-state index contributed by atoms with van der Waals surface area (Å²) in [6, 6.07) is 5.12. The summed E-state index contributed by atoms with van der Waals surface area (Å²) in [5.74, 6) is -2.25. The van der Waals surface area contributed by atoms with Crippen LogP contribution in [0, 0.1) is 5.82 Å². The van der Waals surface area contributed by atoms with Crippen LogP contribution in [0.5, 0.6) is 0 Å². The second-order valence-corrected chi connectivity index (χ2v) is 5.49. The van der Waals surface area contributed by atoms with Crippen LogP contribution >= 0.6 is 15.9 Å². The number of nitrogens with zero attached hydrogens (tertiary/aromatic N) is 1. The minimum absolute atomic E-state index is 0.0592. The van der Waals surface area contributed by atoms with Crippen LogP contribution in [0.15, 0.2) is 44.5 Å². The molecule has 2 N–H and O–H groups in total. The van der Waals surface area contributed by atoms with Gasteiger partial charge in [0.15, 0.2) is 6.61 Å². The number of ether oxygens (including phenoxy) is 1. The van der Waals surface area contributed by atoms with E-state index < -0.39 is 42.1 Å². The van der Waals surface area contributed by atoms with E-state index in [0.29, 0.717) is 4.47 Å². The average Bonchev–Trinajstić information content (AvgIpc) is 2.51. The molecular formula is C14H11BrFN3O5. The van der Waals surface area contributed by atoms with Crippen molar-refractivity contribution in [2.45, 2.75) is 6.54 Å². The van der Waals surface area contributed by atoms with Gasteiger partial charge in [-0.1, -0.05) is 15.9 Å². The Bertz CT molecular complexity index is 892. The molecule has 1 aromatic carbocycles. The third kappa shape index (κ3) is 4.88. The van der Waals surface area contributed by atoms with Crippen molar-refractivity contribution in [3.8, 4) is 0 Å². The summed E-state index contributed by atoms with van der Waals surface area (Å²) in [5, 5.41) is 2.25. The maximum atomic E-state index is 13.6. The van der Waals surface area contributed by atoms with Crippen molar-refractivity contribution < 1.29 is 18.7 Å². The van der Waals surface area contributed by atoms with Gasteiger partial charge in [-0.25, -0.2) is 9.18 Å². The van der Waals surface area contributed by atoms with Crippen molar-refractivity contribution in [2.24, 2.45) is 0 Å². The Hall–Kier alpha value is -2.75. The van der Waals surface area contributed by atoms with Crippen LogP contribution in [-0.2, 0) is 20.9 Å². The van der Waals surface area contributed by atoms with Crippen LogP contribution in [-0.4, -0.2) is 28.0 Å². The fraction of sp³-hybridized carbons (Fsp3) is 0.143. The van der Waals surface area contributed by atoms with E-state index in [1.54, 1.807) is 0 Å². The lowest BCUT2D eigenvalue weighted by Crippen LogP contribution is -2.32. The Morgan fingerprint density at radius 2 is 2.04 bits per heavy atom. The first-order chi connectivity index (χ1) is 11.3. The lowest BCUT2D eigenvalue weighted by atomic mass is 10.3. The number of H-pyrrole nitrogens is 1. The van der Waals surface area contributed by atoms with Gasteiger partial charge in [0, 0.05) is 16.7 Å². The molecule has 0 bridgehead atoms. The number of esters is 1. The first kappa shape index (κ1) is 17.6. The zero-order valence-electron chi connectivity index (χ0n) is 12.0. The van der Waals surface area contributed by atoms with Gasteiger partial charge in [0.1, 0.15) is 12.4 Å². The first-order valence-corrected chi connectivity index (χ1v) is 7.35. The minimum Gasteiger partial charge on any atom is -0.454 e. The van der Waals surface area contributed by atoms with Crippen LogP contribution < -0.4 is 16.6 Å². The zero-order chi connectivity index (χ0) is 17.7. The molecule has 1 heterocycles. The molecule has 0 atom stereocenters. The van der Waals surface area contributed by atoms with Crippen LogP contribution in [0.3, 0.4) is 0 Å². The maximum absolute atomic E-state index is 13.6. The maximum Gasteiger partial charge on any atom is 0.328 e. The fourth-order valence-electron chi connectivity index (χ4n) is 1.68. The van der Waals surface area contributed by atoms with Crippen LogP contribution in [0.25, 0.3) is 0 Å². The molecule has 0 saturated carbocycles. The Morgan fingerprint density at radius 1 is 1.29 bits per heavy atom. The summed E-state index contributed by atoms with van der Waals surface area (Å²) in [6.07, 6.45) is 1.12. The van der Waals surface area contributed by atoms with E-state index in [1.807, 2.05) is 4.98 Å². The van der Waals surface area contributed by atoms with Crippen LogP contribution in [0.2, 0.25) is 0 Å². The number of amides is 1. The first-order valence-electron chi connectivity index (χ1n) is 6.55. The van der Waals surface area contributed by atoms with E-state index in [4.69, 9.17) is 4.74 Å². The molecule has 126 valence electrons. The number of halogens is 2. The molecule has 1 aromatic heterocycles. The molecule has 0 radical (unpaired) electrons. The van der Waals surface area contributed by atoms with Gasteiger partial charge in [-0.2, -0.15) is 0 Å². The van der Waals surface area contributed by atoms with Gasteiger partial charge in [0.05, 0.1) is 5.69 Å². The molecule has 10 heteroatoms. The number of hydrogen-bond acceptors (Lipinski definition) is 5. The Morgan fingerprint density at radius 3 is 2.71 bits per heavy atom. The van der Waals surface area contributed by atoms with Crippen LogP contribution in [0.4, 0.5) is 10.1 Å². The van der Waals surface area contributed by atoms with Crippen molar-refractivity contribution >= 4 is 33.5 Å². The molecule has 24 heavy (non-hydrogen) atoms. The normalized spacial score (nSPS) is 10.2. The summed E-state index contributed by atoms with van der Waals surface area (Å²) in [4.78, 5) is 47.5. The summed E-state index contributed by atoms with van der Waals surface area (Å²) in [7, 11) is 0. The molecule has 0 aliphatic heterocycles. The van der Waals surface area contributed by atoms with Crippen LogP contribution in [0.1, 0.15) is 0 Å². The molecule has 0 saturated heterocycles. The highest BCUT2D eigenvalue weighted by Crippen LogP contribution is 2.19. The number of aromatic amines is 1. The molecular weight excluding hydrogens is 389 g/mol. The van der Waals surface area contributed by atoms with Gasteiger partial charge in [-0.3, -0.25) is 23.9 Å². The summed E-state index contributed by atoms with van der Waals surface area (Å²) >= 11 is 3.08. The predicted octanol–water partition coefficient (Wildman–Crippen LogP) is 0.620. The average molecular weight is 400 g/mol. The lowest BCUT2D eigenvalue weighted by molar-refractivity contribution is -0.148. The smallest absolute Gasteiger partial charge is 0.328 e. The van der Waals surface area contributed by atoms with Gasteiger partial charge in [0.2, 0.25) is 0 Å². The Kier molecular flexibility index (Phi) is 5.64. The second kappa shape index (κ2) is 7.68. The monoisotopic (exact) mass is 399 g/mol. The molecule has 0 fully saturated rings. The largest absolute Gasteiger partial charge is 0.454 e. The topological polar surface area (TPSA) is 110 Å². The van der Waals surface area contributed by atoms with Crippen molar-refractivity contribution in [3.05, 3.63) is 61.6 Å². The van der Waals surface area contributed by atoms with E-state index in [1.165, 1.54) is 18.2 Å². The summed E-state index contributed by atoms with van der Waals surface area (Å²) in [6.45, 7) is -1.12. The van der Waals surface area contributed by atoms with Gasteiger partial charge in [-0.15, -0.1) is 0 Å². The number of nitrogens with one attached hydrogen (secondary N) is 2. The number of hydrogen-bond donors (Lipinski definition) is 2. The number of carbonyl (C=O) groups excluding carboxylic acids is 2. The standard InChI is InChI=1S/C14H11BrFN3O5/c15-8-1-2-10(9(16)5-8)17-12(21)7-24-13(22)6-19-4-3-11(20)18-14(19)23/h1-5H,6-7H2,(H,17,21)(H,18,20,23). The highest BCUT2D eigenvalue weighted by molar-refractivity contribution is 9.10. The molecule has 1 amide bonds. The second-order valence-electron chi connectivity index (χ2n) is 4.57. The van der Waals surface area contributed by atoms with Crippen molar-refractivity contribution in [3.63, 3.8) is 0 Å². The van der Waals surface area contributed by atoms with E-state index in [0.717, 1.165) is 16.8 Å². The molecule has 0 spiro atoms. The third-order valence-corrected chi connectivity index (χ3v) is 3.26. The number of rotatable bonds is 5. The zero-order valence-corrected chi connectivity index (χ0v) is 13.6. The molecule has 0 unspecified atom stereocenters. The van der Waals surface area contributed by atoms with E-state index >= 15 is 0 Å². The van der Waals surface area contributed by atoms with Gasteiger partial charge >= 0.3 is 11.7 Å². The lowest BCUT2D eigenvalue weighted by Gasteiger charge is -2.08. The highest BCUT2D eigenvalue weighted by atomic mass is 79.9. The van der Waals surface area contributed by atoms with Gasteiger partial charge < -0.3 is 10.1 Å². The SMILES string of the molecule is O=C(COC(=O)Cn1ccc(=O)[nH]c1=O)Nc1ccc(Br)cc1F.